The molecule has 0 fully saturated rings. The summed E-state index contributed by atoms with van der Waals surface area (Å²) in [5.74, 6) is -3.85. The van der Waals surface area contributed by atoms with Gasteiger partial charge in [-0.15, -0.1) is 20.5 Å². The molecule has 0 aromatic heterocycles. The van der Waals surface area contributed by atoms with Crippen LogP contribution in [0.2, 0.25) is 0 Å². The SMILES string of the molecule is Nc1c(/N=N/c2ccc(S(=O)(=O)CCOS(=O)(=O)O)cc2S(=O)(=O)O)c(S(=O)(=O)O)cc2cc(S(=O)(=O)O)c(/N=N/c3ccc(S(=O)(=O)CCOS(=O)(=O)O)cc3S(=O)(=O)O)c(O)c12. The van der Waals surface area contributed by atoms with Gasteiger partial charge in [-0.25, -0.2) is 25.2 Å². The van der Waals surface area contributed by atoms with E-state index in [9.17, 15) is 90.7 Å². The summed E-state index contributed by atoms with van der Waals surface area (Å²) in [6.07, 6.45) is 0. The molecule has 0 aliphatic rings. The molecule has 4 aromatic rings. The van der Waals surface area contributed by atoms with E-state index in [1.807, 2.05) is 0 Å². The Morgan fingerprint density at radius 1 is 0.469 bits per heavy atom. The van der Waals surface area contributed by atoms with Crippen LogP contribution in [0, 0.1) is 0 Å². The van der Waals surface area contributed by atoms with E-state index in [1.54, 1.807) is 0 Å². The summed E-state index contributed by atoms with van der Waals surface area (Å²) in [7, 11) is -41.7. The predicted octanol–water partition coefficient (Wildman–Crippen LogP) is 1.13. The van der Waals surface area contributed by atoms with Crippen LogP contribution in [-0.2, 0) is 89.3 Å². The van der Waals surface area contributed by atoms with Gasteiger partial charge in [0.2, 0.25) is 0 Å². The Labute approximate surface area is 360 Å². The molecule has 0 unspecified atom stereocenters. The van der Waals surface area contributed by atoms with Crippen LogP contribution in [0.4, 0.5) is 28.4 Å². The highest BCUT2D eigenvalue weighted by Gasteiger charge is 2.30. The van der Waals surface area contributed by atoms with E-state index in [1.165, 1.54) is 0 Å². The van der Waals surface area contributed by atoms with E-state index < -0.39 is 180 Å². The molecule has 0 saturated carbocycles. The first-order valence-electron chi connectivity index (χ1n) is 15.7. The minimum Gasteiger partial charge on any atom is -0.505 e. The first kappa shape index (κ1) is 51.9. The van der Waals surface area contributed by atoms with Crippen LogP contribution in [0.15, 0.2) is 98.4 Å². The molecule has 64 heavy (non-hydrogen) atoms. The molecule has 0 radical (unpaired) electrons. The molecule has 0 amide bonds. The number of aromatic hydroxyl groups is 1. The average Bonchev–Trinajstić information content (AvgIpc) is 3.10. The fourth-order valence-electron chi connectivity index (χ4n) is 5.00. The van der Waals surface area contributed by atoms with Gasteiger partial charge in [-0.05, 0) is 53.9 Å². The number of phenolic OH excluding ortho intramolecular Hbond substituents is 1. The smallest absolute Gasteiger partial charge is 0.397 e. The van der Waals surface area contributed by atoms with Crippen LogP contribution in [0.3, 0.4) is 0 Å². The molecule has 0 atom stereocenters. The Morgan fingerprint density at radius 3 is 1.16 bits per heavy atom. The largest absolute Gasteiger partial charge is 0.505 e. The van der Waals surface area contributed by atoms with Crippen molar-refractivity contribution in [1.82, 2.24) is 0 Å². The lowest BCUT2D eigenvalue weighted by atomic mass is 10.1. The third-order valence-electron chi connectivity index (χ3n) is 7.69. The zero-order valence-corrected chi connectivity index (χ0v) is 37.1. The molecule has 4 aromatic carbocycles. The molecule has 0 heterocycles. The van der Waals surface area contributed by atoms with Gasteiger partial charge >= 0.3 is 20.8 Å². The topological polar surface area (TPSA) is 509 Å². The number of rotatable bonds is 18. The number of phenols is 1. The van der Waals surface area contributed by atoms with Gasteiger partial charge in [0.05, 0.1) is 45.6 Å². The molecular formula is C26H25N5O25S8. The van der Waals surface area contributed by atoms with Crippen molar-refractivity contribution >= 4 is 120 Å². The number of anilines is 1. The van der Waals surface area contributed by atoms with Crippen LogP contribution >= 0.6 is 0 Å². The zero-order chi connectivity index (χ0) is 48.8. The van der Waals surface area contributed by atoms with Crippen LogP contribution in [0.25, 0.3) is 10.8 Å². The summed E-state index contributed by atoms with van der Waals surface area (Å²) < 4.78 is 258. The van der Waals surface area contributed by atoms with Crippen molar-refractivity contribution in [2.75, 3.05) is 30.5 Å². The maximum atomic E-state index is 12.7. The second-order valence-electron chi connectivity index (χ2n) is 12.0. The normalized spacial score (nSPS) is 13.9. The summed E-state index contributed by atoms with van der Waals surface area (Å²) in [4.78, 5) is -7.40. The molecule has 352 valence electrons. The molecule has 38 heteroatoms. The van der Waals surface area contributed by atoms with Gasteiger partial charge in [0.15, 0.2) is 25.4 Å². The number of sulfone groups is 2. The number of nitrogen functional groups attached to an aromatic ring is 1. The summed E-state index contributed by atoms with van der Waals surface area (Å²) in [6.45, 7) is -2.34. The minimum absolute atomic E-state index is 0.269. The highest BCUT2D eigenvalue weighted by Crippen LogP contribution is 2.48. The quantitative estimate of drug-likeness (QED) is 0.0393. The molecule has 0 bridgehead atoms. The third-order valence-corrected chi connectivity index (χ3v) is 15.5. The number of nitrogens with zero attached hydrogens (tertiary/aromatic N) is 4. The van der Waals surface area contributed by atoms with Gasteiger partial charge in [0.1, 0.15) is 42.3 Å². The molecular weight excluding hydrogens is 1040 g/mol. The first-order chi connectivity index (χ1) is 28.8. The molecule has 0 spiro atoms. The maximum Gasteiger partial charge on any atom is 0.397 e. The van der Waals surface area contributed by atoms with Crippen LogP contribution < -0.4 is 5.73 Å². The summed E-state index contributed by atoms with van der Waals surface area (Å²) in [6, 6.07) is 3.63. The highest BCUT2D eigenvalue weighted by molar-refractivity contribution is 7.92. The number of benzene rings is 4. The minimum atomic E-state index is -5.59. The average molecular weight is 1060 g/mol. The maximum absolute atomic E-state index is 12.7. The zero-order valence-electron chi connectivity index (χ0n) is 30.6. The lowest BCUT2D eigenvalue weighted by molar-refractivity contribution is 0.282. The van der Waals surface area contributed by atoms with E-state index in [0.29, 0.717) is 36.4 Å². The van der Waals surface area contributed by atoms with Crippen LogP contribution in [0.1, 0.15) is 0 Å². The van der Waals surface area contributed by atoms with Crippen LogP contribution in [0.5, 0.6) is 5.75 Å². The van der Waals surface area contributed by atoms with Gasteiger partial charge in [-0.3, -0.25) is 27.3 Å². The Hall–Kier alpha value is -4.78. The van der Waals surface area contributed by atoms with E-state index in [0.717, 1.165) is 0 Å². The molecule has 4 rings (SSSR count). The van der Waals surface area contributed by atoms with Crippen molar-refractivity contribution in [3.05, 3.63) is 48.5 Å². The Kier molecular flexibility index (Phi) is 14.5. The van der Waals surface area contributed by atoms with E-state index in [4.69, 9.17) is 14.8 Å². The fraction of sp³-hybridized carbons (Fsp3) is 0.154. The Bertz CT molecular complexity index is 3360. The van der Waals surface area contributed by atoms with Gasteiger partial charge in [0.25, 0.3) is 40.5 Å². The van der Waals surface area contributed by atoms with Gasteiger partial charge in [-0.2, -0.15) is 50.5 Å². The number of azo groups is 2. The first-order valence-corrected chi connectivity index (χ1v) is 27.5. The molecule has 0 saturated heterocycles. The molecule has 0 aliphatic heterocycles. The number of hydrogen-bond acceptors (Lipinski definition) is 24. The number of nitrogens with two attached hydrogens (primary N) is 1. The highest BCUT2D eigenvalue weighted by atomic mass is 32.3. The molecule has 30 nitrogen and oxygen atoms in total. The van der Waals surface area contributed by atoms with Crippen molar-refractivity contribution in [2.45, 2.75) is 29.4 Å². The van der Waals surface area contributed by atoms with Gasteiger partial charge in [-0.1, -0.05) is 0 Å². The summed E-state index contributed by atoms with van der Waals surface area (Å²) in [5.41, 5.74) is 0.422. The fourth-order valence-corrected chi connectivity index (χ4v) is 10.8. The summed E-state index contributed by atoms with van der Waals surface area (Å²) >= 11 is 0. The lowest BCUT2D eigenvalue weighted by Gasteiger charge is -2.14. The van der Waals surface area contributed by atoms with E-state index in [2.05, 4.69) is 28.8 Å². The lowest BCUT2D eigenvalue weighted by Crippen LogP contribution is -2.16. The second kappa shape index (κ2) is 17.9. The molecule has 0 aliphatic carbocycles. The monoisotopic (exact) mass is 1060 g/mol. The third kappa shape index (κ3) is 12.7. The van der Waals surface area contributed by atoms with Crippen molar-refractivity contribution in [3.8, 4) is 5.75 Å². The predicted molar refractivity (Wildman–Crippen MR) is 210 cm³/mol. The molecule has 9 N–H and O–H groups in total. The van der Waals surface area contributed by atoms with Crippen molar-refractivity contribution < 1.29 is 108 Å². The van der Waals surface area contributed by atoms with Gasteiger partial charge < -0.3 is 10.8 Å². The van der Waals surface area contributed by atoms with Crippen molar-refractivity contribution in [3.63, 3.8) is 0 Å². The van der Waals surface area contributed by atoms with E-state index >= 15 is 0 Å². The van der Waals surface area contributed by atoms with Gasteiger partial charge in [0, 0.05) is 0 Å². The Morgan fingerprint density at radius 2 is 0.812 bits per heavy atom. The van der Waals surface area contributed by atoms with E-state index in [-0.39, 0.29) is 12.1 Å². The van der Waals surface area contributed by atoms with Crippen LogP contribution in [-0.4, -0.2) is 124 Å². The van der Waals surface area contributed by atoms with Crippen molar-refractivity contribution in [1.29, 1.82) is 0 Å². The standard InChI is InChI=1S/C26H25N5O25S8/c27-23-22-13(9-20(61(43,44)45)24(23)30-28-16-3-1-14(11-18(16)59(37,38)39)57(33,34)7-5-55-63(49,50)51)10-21(62(46,47)48)25(26(22)32)31-29-17-4-2-15(12-19(17)60(40,41)42)58(35,36)8-6-56-64(52,53)54/h1-4,9-12,32H,5-8,27H2,(H,37,38,39)(H,40,41,42)(H,43,44,45)(H,46,47,48)(H,49,50,51)(H,52,53,54)/b30-28+,31-29+. The van der Waals surface area contributed by atoms with Crippen molar-refractivity contribution in [2.24, 2.45) is 20.5 Å². The summed E-state index contributed by atoms with van der Waals surface area (Å²) in [5, 5.41) is 23.3. The number of hydrogen-bond donors (Lipinski definition) is 8. The second-order valence-corrected chi connectivity index (χ2v) is 24.0. The Balaban J connectivity index is 1.95. The number of fused-ring (bicyclic) bond motifs is 1.